The number of thioether (sulfide) groups is 1. The molecule has 0 atom stereocenters. The fourth-order valence-electron chi connectivity index (χ4n) is 2.57. The average molecular weight is 399 g/mol. The van der Waals surface area contributed by atoms with Crippen molar-refractivity contribution in [1.82, 2.24) is 25.4 Å². The minimum atomic E-state index is -0.254. The highest BCUT2D eigenvalue weighted by Gasteiger charge is 2.15. The maximum absolute atomic E-state index is 13.1. The number of carbonyl (C=O) groups excluding carboxylic acids is 1. The average Bonchev–Trinajstić information content (AvgIpc) is 3.10. The quantitative estimate of drug-likeness (QED) is 0.593. The molecule has 3 aromatic rings. The number of amides is 2. The first-order valence-electron chi connectivity index (χ1n) is 8.97. The van der Waals surface area contributed by atoms with Crippen molar-refractivity contribution < 1.29 is 9.18 Å². The van der Waals surface area contributed by atoms with Gasteiger partial charge in [0.15, 0.2) is 11.0 Å². The van der Waals surface area contributed by atoms with E-state index >= 15 is 0 Å². The molecule has 0 spiro atoms. The van der Waals surface area contributed by atoms with Crippen LogP contribution in [0.15, 0.2) is 53.7 Å². The van der Waals surface area contributed by atoms with Crippen LogP contribution in [0.4, 0.5) is 9.18 Å². The maximum Gasteiger partial charge on any atom is 0.315 e. The molecule has 146 valence electrons. The number of urea groups is 1. The molecule has 1 aromatic heterocycles. The molecule has 0 aliphatic rings. The summed E-state index contributed by atoms with van der Waals surface area (Å²) < 4.78 is 15.0. The van der Waals surface area contributed by atoms with Gasteiger partial charge in [0, 0.05) is 18.0 Å². The van der Waals surface area contributed by atoms with Gasteiger partial charge in [-0.25, -0.2) is 9.18 Å². The lowest BCUT2D eigenvalue weighted by Gasteiger charge is -2.11. The van der Waals surface area contributed by atoms with E-state index in [0.29, 0.717) is 23.3 Å². The monoisotopic (exact) mass is 399 g/mol. The lowest BCUT2D eigenvalue weighted by atomic mass is 10.2. The Morgan fingerprint density at radius 2 is 1.79 bits per heavy atom. The molecule has 2 aromatic carbocycles. The summed E-state index contributed by atoms with van der Waals surface area (Å²) in [5, 5.41) is 14.8. The summed E-state index contributed by atoms with van der Waals surface area (Å²) >= 11 is 1.51. The highest BCUT2D eigenvalue weighted by molar-refractivity contribution is 7.98. The number of carbonyl (C=O) groups is 1. The smallest absolute Gasteiger partial charge is 0.315 e. The van der Waals surface area contributed by atoms with Gasteiger partial charge in [-0.05, 0) is 43.7 Å². The van der Waals surface area contributed by atoms with Crippen LogP contribution in [0.5, 0.6) is 0 Å². The van der Waals surface area contributed by atoms with Crippen LogP contribution in [0, 0.1) is 12.7 Å². The predicted octanol–water partition coefficient (Wildman–Crippen LogP) is 3.83. The van der Waals surface area contributed by atoms with Gasteiger partial charge in [-0.1, -0.05) is 41.6 Å². The molecule has 0 saturated heterocycles. The van der Waals surface area contributed by atoms with Gasteiger partial charge in [0.05, 0.1) is 6.54 Å². The Balaban J connectivity index is 1.83. The molecule has 1 heterocycles. The van der Waals surface area contributed by atoms with Crippen molar-refractivity contribution in [1.29, 1.82) is 0 Å². The zero-order valence-electron chi connectivity index (χ0n) is 15.8. The van der Waals surface area contributed by atoms with Crippen LogP contribution >= 0.6 is 11.8 Å². The summed E-state index contributed by atoms with van der Waals surface area (Å²) in [5.41, 5.74) is 3.07. The lowest BCUT2D eigenvalue weighted by molar-refractivity contribution is 0.240. The van der Waals surface area contributed by atoms with Gasteiger partial charge in [0.25, 0.3) is 0 Å². The molecule has 2 N–H and O–H groups in total. The standard InChI is InChI=1S/C20H22FN5OS/c1-3-22-19(27)23-12-18-24-25-20(26(18)17-10-4-14(2)5-11-17)28-13-15-6-8-16(21)9-7-15/h4-11H,3,12-13H2,1-2H3,(H2,22,23,27). The van der Waals surface area contributed by atoms with Gasteiger partial charge >= 0.3 is 6.03 Å². The molecule has 6 nitrogen and oxygen atoms in total. The van der Waals surface area contributed by atoms with Crippen LogP contribution in [0.3, 0.4) is 0 Å². The van der Waals surface area contributed by atoms with Crippen molar-refractivity contribution in [3.05, 3.63) is 71.3 Å². The van der Waals surface area contributed by atoms with Gasteiger partial charge in [-0.3, -0.25) is 4.57 Å². The first-order chi connectivity index (χ1) is 13.6. The Labute approximate surface area is 167 Å². The van der Waals surface area contributed by atoms with Crippen molar-refractivity contribution >= 4 is 17.8 Å². The van der Waals surface area contributed by atoms with Crippen molar-refractivity contribution in [3.8, 4) is 5.69 Å². The van der Waals surface area contributed by atoms with E-state index in [1.807, 2.05) is 42.7 Å². The fraction of sp³-hybridized carbons (Fsp3) is 0.250. The summed E-state index contributed by atoms with van der Waals surface area (Å²) in [7, 11) is 0. The summed E-state index contributed by atoms with van der Waals surface area (Å²) in [6, 6.07) is 14.2. The molecule has 0 fully saturated rings. The molecular formula is C20H22FN5OS. The summed E-state index contributed by atoms with van der Waals surface area (Å²) in [4.78, 5) is 11.7. The Morgan fingerprint density at radius 3 is 2.46 bits per heavy atom. The molecular weight excluding hydrogens is 377 g/mol. The predicted molar refractivity (Wildman–Crippen MR) is 108 cm³/mol. The van der Waals surface area contributed by atoms with Crippen LogP contribution in [-0.4, -0.2) is 27.3 Å². The second kappa shape index (κ2) is 9.36. The van der Waals surface area contributed by atoms with Crippen LogP contribution in [0.1, 0.15) is 23.9 Å². The van der Waals surface area contributed by atoms with Gasteiger partial charge < -0.3 is 10.6 Å². The largest absolute Gasteiger partial charge is 0.338 e. The van der Waals surface area contributed by atoms with Gasteiger partial charge in [0.1, 0.15) is 5.82 Å². The molecule has 0 radical (unpaired) electrons. The second-order valence-corrected chi connectivity index (χ2v) is 7.14. The van der Waals surface area contributed by atoms with E-state index in [2.05, 4.69) is 20.8 Å². The van der Waals surface area contributed by atoms with Gasteiger partial charge in [-0.2, -0.15) is 0 Å². The topological polar surface area (TPSA) is 71.8 Å². The van der Waals surface area contributed by atoms with E-state index in [0.717, 1.165) is 16.8 Å². The van der Waals surface area contributed by atoms with Crippen molar-refractivity contribution in [3.63, 3.8) is 0 Å². The third-order valence-corrected chi connectivity index (χ3v) is 5.02. The molecule has 0 unspecified atom stereocenters. The minimum Gasteiger partial charge on any atom is -0.338 e. The van der Waals surface area contributed by atoms with Crippen LogP contribution in [0.2, 0.25) is 0 Å². The van der Waals surface area contributed by atoms with E-state index in [1.54, 1.807) is 12.1 Å². The van der Waals surface area contributed by atoms with Crippen molar-refractivity contribution in [2.45, 2.75) is 31.3 Å². The van der Waals surface area contributed by atoms with Crippen molar-refractivity contribution in [2.24, 2.45) is 0 Å². The van der Waals surface area contributed by atoms with E-state index in [1.165, 1.54) is 23.9 Å². The first-order valence-corrected chi connectivity index (χ1v) is 9.95. The molecule has 8 heteroatoms. The van der Waals surface area contributed by atoms with E-state index in [4.69, 9.17) is 0 Å². The van der Waals surface area contributed by atoms with Gasteiger partial charge in [0.2, 0.25) is 0 Å². The molecule has 2 amide bonds. The number of hydrogen-bond acceptors (Lipinski definition) is 4. The number of aryl methyl sites for hydroxylation is 1. The van der Waals surface area contributed by atoms with E-state index in [-0.39, 0.29) is 18.4 Å². The Kier molecular flexibility index (Phi) is 6.65. The number of hydrogen-bond donors (Lipinski definition) is 2. The van der Waals surface area contributed by atoms with E-state index < -0.39 is 0 Å². The summed E-state index contributed by atoms with van der Waals surface area (Å²) in [6.07, 6.45) is 0. The molecule has 28 heavy (non-hydrogen) atoms. The van der Waals surface area contributed by atoms with E-state index in [9.17, 15) is 9.18 Å². The maximum atomic E-state index is 13.1. The third-order valence-electron chi connectivity index (χ3n) is 4.02. The highest BCUT2D eigenvalue weighted by atomic mass is 32.2. The molecule has 0 saturated carbocycles. The minimum absolute atomic E-state index is 0.249. The number of aromatic nitrogens is 3. The zero-order valence-corrected chi connectivity index (χ0v) is 16.6. The fourth-order valence-corrected chi connectivity index (χ4v) is 3.50. The number of rotatable bonds is 7. The Bertz CT molecular complexity index is 925. The Morgan fingerprint density at radius 1 is 1.07 bits per heavy atom. The molecule has 0 aliphatic carbocycles. The molecule has 3 rings (SSSR count). The zero-order chi connectivity index (χ0) is 19.9. The SMILES string of the molecule is CCNC(=O)NCc1nnc(SCc2ccc(F)cc2)n1-c1ccc(C)cc1. The lowest BCUT2D eigenvalue weighted by Crippen LogP contribution is -2.35. The van der Waals surface area contributed by atoms with Crippen molar-refractivity contribution in [2.75, 3.05) is 6.54 Å². The normalized spacial score (nSPS) is 10.7. The number of nitrogens with one attached hydrogen (secondary N) is 2. The second-order valence-electron chi connectivity index (χ2n) is 6.20. The Hall–Kier alpha value is -2.87. The van der Waals surface area contributed by atoms with Gasteiger partial charge in [-0.15, -0.1) is 10.2 Å². The first kappa shape index (κ1) is 19.9. The van der Waals surface area contributed by atoms with Crippen LogP contribution < -0.4 is 10.6 Å². The summed E-state index contributed by atoms with van der Waals surface area (Å²) in [6.45, 7) is 4.69. The van der Waals surface area contributed by atoms with Crippen LogP contribution in [-0.2, 0) is 12.3 Å². The number of halogens is 1. The highest BCUT2D eigenvalue weighted by Crippen LogP contribution is 2.25. The molecule has 0 bridgehead atoms. The summed E-state index contributed by atoms with van der Waals surface area (Å²) in [5.74, 6) is 1.01. The number of nitrogens with zero attached hydrogens (tertiary/aromatic N) is 3. The third kappa shape index (κ3) is 5.10. The number of benzene rings is 2. The molecule has 0 aliphatic heterocycles. The van der Waals surface area contributed by atoms with Crippen LogP contribution in [0.25, 0.3) is 5.69 Å².